The van der Waals surface area contributed by atoms with Gasteiger partial charge in [-0.15, -0.1) is 0 Å². The Morgan fingerprint density at radius 2 is 1.76 bits per heavy atom. The Morgan fingerprint density at radius 1 is 1.05 bits per heavy atom. The van der Waals surface area contributed by atoms with Crippen LogP contribution in [-0.2, 0) is 22.8 Å². The van der Waals surface area contributed by atoms with Crippen LogP contribution in [0.1, 0.15) is 11.1 Å². The van der Waals surface area contributed by atoms with Gasteiger partial charge in [0.1, 0.15) is 5.82 Å². The zero-order chi connectivity index (χ0) is 15.0. The molecule has 0 saturated heterocycles. The molecule has 3 rings (SSSR count). The highest BCUT2D eigenvalue weighted by Crippen LogP contribution is 2.26. The van der Waals surface area contributed by atoms with Crippen molar-refractivity contribution in [2.24, 2.45) is 0 Å². The molecular weight excluding hydrogens is 289 g/mol. The SMILES string of the molecule is CS(=O)(=O)c1ccc(N2CCc3ccc(F)cc3C2)cc1. The predicted molar refractivity (Wildman–Crippen MR) is 80.7 cm³/mol. The Kier molecular flexibility index (Phi) is 3.45. The van der Waals surface area contributed by atoms with Crippen molar-refractivity contribution in [3.8, 4) is 0 Å². The van der Waals surface area contributed by atoms with Crippen molar-refractivity contribution < 1.29 is 12.8 Å². The van der Waals surface area contributed by atoms with Gasteiger partial charge in [0.05, 0.1) is 4.90 Å². The Bertz CT molecular complexity index is 769. The molecule has 0 spiro atoms. The van der Waals surface area contributed by atoms with Gasteiger partial charge in [-0.3, -0.25) is 0 Å². The van der Waals surface area contributed by atoms with Gasteiger partial charge in [0.15, 0.2) is 9.84 Å². The van der Waals surface area contributed by atoms with Crippen LogP contribution in [0.4, 0.5) is 10.1 Å². The number of sulfone groups is 1. The molecule has 2 aromatic rings. The quantitative estimate of drug-likeness (QED) is 0.856. The molecule has 21 heavy (non-hydrogen) atoms. The first-order valence-corrected chi connectivity index (χ1v) is 8.65. The maximum atomic E-state index is 13.3. The highest BCUT2D eigenvalue weighted by atomic mass is 32.2. The third-order valence-corrected chi connectivity index (χ3v) is 4.94. The molecule has 3 nitrogen and oxygen atoms in total. The number of fused-ring (bicyclic) bond motifs is 1. The average molecular weight is 305 g/mol. The molecule has 0 radical (unpaired) electrons. The van der Waals surface area contributed by atoms with Crippen molar-refractivity contribution in [3.05, 3.63) is 59.4 Å². The molecule has 0 amide bonds. The van der Waals surface area contributed by atoms with Gasteiger partial charge in [0, 0.05) is 25.0 Å². The summed E-state index contributed by atoms with van der Waals surface area (Å²) in [7, 11) is -3.17. The predicted octanol–water partition coefficient (Wildman–Crippen LogP) is 2.79. The fourth-order valence-corrected chi connectivity index (χ4v) is 3.28. The topological polar surface area (TPSA) is 37.4 Å². The first-order valence-electron chi connectivity index (χ1n) is 6.76. The summed E-state index contributed by atoms with van der Waals surface area (Å²) in [6.07, 6.45) is 2.06. The third-order valence-electron chi connectivity index (χ3n) is 3.81. The lowest BCUT2D eigenvalue weighted by atomic mass is 9.99. The zero-order valence-electron chi connectivity index (χ0n) is 11.7. The summed E-state index contributed by atoms with van der Waals surface area (Å²) in [6.45, 7) is 1.49. The molecular formula is C16H16FNO2S. The lowest BCUT2D eigenvalue weighted by Gasteiger charge is -2.30. The van der Waals surface area contributed by atoms with E-state index in [1.807, 2.05) is 6.07 Å². The fraction of sp³-hybridized carbons (Fsp3) is 0.250. The molecule has 0 bridgehead atoms. The molecule has 0 unspecified atom stereocenters. The second-order valence-corrected chi connectivity index (χ2v) is 7.37. The average Bonchev–Trinajstić information content (AvgIpc) is 2.45. The van der Waals surface area contributed by atoms with Gasteiger partial charge in [0.2, 0.25) is 0 Å². The van der Waals surface area contributed by atoms with Crippen LogP contribution in [0, 0.1) is 5.82 Å². The van der Waals surface area contributed by atoms with E-state index < -0.39 is 9.84 Å². The number of halogens is 1. The van der Waals surface area contributed by atoms with E-state index in [0.29, 0.717) is 11.4 Å². The minimum atomic E-state index is -3.17. The van der Waals surface area contributed by atoms with Crippen LogP contribution < -0.4 is 4.90 Å². The Labute approximate surface area is 123 Å². The number of nitrogens with zero attached hydrogens (tertiary/aromatic N) is 1. The molecule has 0 fully saturated rings. The molecule has 110 valence electrons. The van der Waals surface area contributed by atoms with E-state index in [2.05, 4.69) is 4.90 Å². The summed E-state index contributed by atoms with van der Waals surface area (Å²) in [5.74, 6) is -0.219. The van der Waals surface area contributed by atoms with Crippen LogP contribution in [0.3, 0.4) is 0 Å². The zero-order valence-corrected chi connectivity index (χ0v) is 12.5. The van der Waals surface area contributed by atoms with E-state index in [9.17, 15) is 12.8 Å². The maximum absolute atomic E-state index is 13.3. The highest BCUT2D eigenvalue weighted by molar-refractivity contribution is 7.90. The van der Waals surface area contributed by atoms with E-state index in [1.165, 1.54) is 17.9 Å². The Hall–Kier alpha value is -1.88. The smallest absolute Gasteiger partial charge is 0.175 e. The Balaban J connectivity index is 1.86. The number of hydrogen-bond acceptors (Lipinski definition) is 3. The number of hydrogen-bond donors (Lipinski definition) is 0. The second kappa shape index (κ2) is 5.15. The standard InChI is InChI=1S/C16H16FNO2S/c1-21(19,20)16-6-4-15(5-7-16)18-9-8-12-2-3-14(17)10-13(12)11-18/h2-7,10H,8-9,11H2,1H3. The lowest BCUT2D eigenvalue weighted by Crippen LogP contribution is -2.30. The van der Waals surface area contributed by atoms with Crippen LogP contribution in [-0.4, -0.2) is 21.2 Å². The molecule has 0 aliphatic carbocycles. The molecule has 0 saturated carbocycles. The fourth-order valence-electron chi connectivity index (χ4n) is 2.65. The van der Waals surface area contributed by atoms with Crippen molar-refractivity contribution in [3.63, 3.8) is 0 Å². The summed E-state index contributed by atoms with van der Waals surface area (Å²) < 4.78 is 36.3. The summed E-state index contributed by atoms with van der Waals surface area (Å²) in [6, 6.07) is 11.8. The van der Waals surface area contributed by atoms with Crippen molar-refractivity contribution in [1.29, 1.82) is 0 Å². The summed E-state index contributed by atoms with van der Waals surface area (Å²) >= 11 is 0. The second-order valence-electron chi connectivity index (χ2n) is 5.35. The van der Waals surface area contributed by atoms with Crippen LogP contribution >= 0.6 is 0 Å². The van der Waals surface area contributed by atoms with Crippen LogP contribution in [0.15, 0.2) is 47.4 Å². The maximum Gasteiger partial charge on any atom is 0.175 e. The van der Waals surface area contributed by atoms with Crippen molar-refractivity contribution in [2.45, 2.75) is 17.9 Å². The number of anilines is 1. The molecule has 1 aliphatic heterocycles. The van der Waals surface area contributed by atoms with Gasteiger partial charge >= 0.3 is 0 Å². The van der Waals surface area contributed by atoms with Gasteiger partial charge in [-0.25, -0.2) is 12.8 Å². The van der Waals surface area contributed by atoms with E-state index in [0.717, 1.165) is 24.2 Å². The first-order chi connectivity index (χ1) is 9.93. The molecule has 5 heteroatoms. The molecule has 0 atom stereocenters. The molecule has 1 aliphatic rings. The van der Waals surface area contributed by atoms with Crippen molar-refractivity contribution in [1.82, 2.24) is 0 Å². The normalized spacial score (nSPS) is 14.9. The highest BCUT2D eigenvalue weighted by Gasteiger charge is 2.17. The first kappa shape index (κ1) is 14.1. The van der Waals surface area contributed by atoms with Crippen LogP contribution in [0.25, 0.3) is 0 Å². The monoisotopic (exact) mass is 305 g/mol. The van der Waals surface area contributed by atoms with Gasteiger partial charge in [-0.05, 0) is 53.9 Å². The van der Waals surface area contributed by atoms with E-state index >= 15 is 0 Å². The summed E-state index contributed by atoms with van der Waals surface area (Å²) in [4.78, 5) is 2.45. The third kappa shape index (κ3) is 2.93. The van der Waals surface area contributed by atoms with Gasteiger partial charge in [0.25, 0.3) is 0 Å². The van der Waals surface area contributed by atoms with Crippen molar-refractivity contribution >= 4 is 15.5 Å². The molecule has 0 N–H and O–H groups in total. The number of rotatable bonds is 2. The van der Waals surface area contributed by atoms with Gasteiger partial charge in [-0.2, -0.15) is 0 Å². The number of benzene rings is 2. The lowest BCUT2D eigenvalue weighted by molar-refractivity contribution is 0.601. The van der Waals surface area contributed by atoms with E-state index in [-0.39, 0.29) is 5.82 Å². The molecule has 1 heterocycles. The van der Waals surface area contributed by atoms with E-state index in [1.54, 1.807) is 30.3 Å². The largest absolute Gasteiger partial charge is 0.367 e. The molecule has 2 aromatic carbocycles. The Morgan fingerprint density at radius 3 is 2.43 bits per heavy atom. The van der Waals surface area contributed by atoms with Crippen LogP contribution in [0.5, 0.6) is 0 Å². The minimum Gasteiger partial charge on any atom is -0.367 e. The molecule has 0 aromatic heterocycles. The van der Waals surface area contributed by atoms with Crippen LogP contribution in [0.2, 0.25) is 0 Å². The van der Waals surface area contributed by atoms with Gasteiger partial charge < -0.3 is 4.90 Å². The van der Waals surface area contributed by atoms with Crippen molar-refractivity contribution in [2.75, 3.05) is 17.7 Å². The summed E-state index contributed by atoms with van der Waals surface area (Å²) in [5, 5.41) is 0. The van der Waals surface area contributed by atoms with Gasteiger partial charge in [-0.1, -0.05) is 6.07 Å². The summed E-state index contributed by atoms with van der Waals surface area (Å²) in [5.41, 5.74) is 3.13. The minimum absolute atomic E-state index is 0.219. The van der Waals surface area contributed by atoms with E-state index in [4.69, 9.17) is 0 Å².